The summed E-state index contributed by atoms with van der Waals surface area (Å²) in [5.74, 6) is -0.0606. The molecule has 2 heterocycles. The number of hydrogen-bond acceptors (Lipinski definition) is 4. The Labute approximate surface area is 135 Å². The fraction of sp³-hybridized carbons (Fsp3) is 0.412. The molecule has 0 aliphatic carbocycles. The molecule has 0 unspecified atom stereocenters. The second-order valence-corrected chi connectivity index (χ2v) is 5.72. The first-order valence-corrected chi connectivity index (χ1v) is 7.89. The van der Waals surface area contributed by atoms with E-state index in [0.717, 1.165) is 29.8 Å². The molecule has 2 aromatic rings. The third kappa shape index (κ3) is 3.78. The van der Waals surface area contributed by atoms with Gasteiger partial charge in [-0.1, -0.05) is 30.3 Å². The summed E-state index contributed by atoms with van der Waals surface area (Å²) in [7, 11) is 1.78. The van der Waals surface area contributed by atoms with Crippen LogP contribution in [0.3, 0.4) is 0 Å². The summed E-state index contributed by atoms with van der Waals surface area (Å²) in [5, 5.41) is 10.5. The monoisotopic (exact) mass is 314 g/mol. The zero-order valence-electron chi connectivity index (χ0n) is 13.3. The number of carbonyl (C=O) groups excluding carboxylic acids is 1. The highest BCUT2D eigenvalue weighted by Gasteiger charge is 2.23. The zero-order chi connectivity index (χ0) is 16.1. The van der Waals surface area contributed by atoms with Gasteiger partial charge in [-0.05, 0) is 5.56 Å². The minimum Gasteiger partial charge on any atom is -0.375 e. The first-order valence-electron chi connectivity index (χ1n) is 7.89. The van der Waals surface area contributed by atoms with Crippen molar-refractivity contribution < 1.29 is 9.53 Å². The molecule has 0 saturated carbocycles. The second-order valence-electron chi connectivity index (χ2n) is 5.72. The molecular formula is C17H22N4O2. The number of rotatable bonds is 6. The Morgan fingerprint density at radius 1 is 1.35 bits per heavy atom. The van der Waals surface area contributed by atoms with Crippen LogP contribution in [0.2, 0.25) is 0 Å². The van der Waals surface area contributed by atoms with Crippen LogP contribution in [0.25, 0.3) is 0 Å². The van der Waals surface area contributed by atoms with Crippen molar-refractivity contribution in [3.8, 4) is 0 Å². The fourth-order valence-electron chi connectivity index (χ4n) is 2.65. The van der Waals surface area contributed by atoms with Gasteiger partial charge in [-0.15, -0.1) is 0 Å². The van der Waals surface area contributed by atoms with Crippen LogP contribution < -0.4 is 5.32 Å². The van der Waals surface area contributed by atoms with Gasteiger partial charge in [0.25, 0.3) is 5.91 Å². The van der Waals surface area contributed by atoms with E-state index < -0.39 is 0 Å². The summed E-state index contributed by atoms with van der Waals surface area (Å²) in [6.07, 6.45) is 0.888. The lowest BCUT2D eigenvalue weighted by Crippen LogP contribution is -2.32. The molecule has 0 radical (unpaired) electrons. The third-order valence-corrected chi connectivity index (χ3v) is 4.04. The van der Waals surface area contributed by atoms with Crippen LogP contribution in [0.1, 0.15) is 27.3 Å². The van der Waals surface area contributed by atoms with Crippen molar-refractivity contribution in [2.75, 3.05) is 26.7 Å². The van der Waals surface area contributed by atoms with E-state index in [4.69, 9.17) is 4.74 Å². The average Bonchev–Trinajstić information content (AvgIpc) is 3.03. The molecule has 23 heavy (non-hydrogen) atoms. The predicted molar refractivity (Wildman–Crippen MR) is 87.1 cm³/mol. The first-order chi connectivity index (χ1) is 11.3. The normalized spacial score (nSPS) is 13.6. The Bertz CT molecular complexity index is 654. The molecule has 2 N–H and O–H groups in total. The maximum atomic E-state index is 12.5. The predicted octanol–water partition coefficient (Wildman–Crippen LogP) is 1.34. The minimum absolute atomic E-state index is 0.0606. The summed E-state index contributed by atoms with van der Waals surface area (Å²) in [6.45, 7) is 3.23. The molecule has 1 aromatic carbocycles. The van der Waals surface area contributed by atoms with Gasteiger partial charge in [0.1, 0.15) is 0 Å². The molecule has 1 aliphatic rings. The molecule has 1 amide bonds. The largest absolute Gasteiger partial charge is 0.375 e. The lowest BCUT2D eigenvalue weighted by Gasteiger charge is -2.18. The van der Waals surface area contributed by atoms with Gasteiger partial charge in [0.05, 0.1) is 13.2 Å². The Morgan fingerprint density at radius 2 is 2.17 bits per heavy atom. The van der Waals surface area contributed by atoms with Crippen molar-refractivity contribution in [2.24, 2.45) is 0 Å². The van der Waals surface area contributed by atoms with Crippen molar-refractivity contribution >= 4 is 5.91 Å². The second kappa shape index (κ2) is 7.39. The van der Waals surface area contributed by atoms with Gasteiger partial charge in [-0.2, -0.15) is 5.10 Å². The summed E-state index contributed by atoms with van der Waals surface area (Å²) in [4.78, 5) is 14.2. The molecule has 1 aliphatic heterocycles. The molecule has 0 bridgehead atoms. The first kappa shape index (κ1) is 15.7. The molecular weight excluding hydrogens is 292 g/mol. The fourth-order valence-corrected chi connectivity index (χ4v) is 2.65. The highest BCUT2D eigenvalue weighted by Crippen LogP contribution is 2.16. The summed E-state index contributed by atoms with van der Waals surface area (Å²) in [6, 6.07) is 10.0. The van der Waals surface area contributed by atoms with Crippen molar-refractivity contribution in [1.29, 1.82) is 0 Å². The van der Waals surface area contributed by atoms with Crippen LogP contribution >= 0.6 is 0 Å². The van der Waals surface area contributed by atoms with E-state index in [2.05, 4.69) is 15.5 Å². The topological polar surface area (TPSA) is 70.2 Å². The van der Waals surface area contributed by atoms with Crippen LogP contribution in [0, 0.1) is 0 Å². The minimum atomic E-state index is -0.0606. The van der Waals surface area contributed by atoms with E-state index in [1.807, 2.05) is 30.3 Å². The smallest absolute Gasteiger partial charge is 0.274 e. The van der Waals surface area contributed by atoms with E-state index in [9.17, 15) is 4.79 Å². The number of fused-ring (bicyclic) bond motifs is 1. The maximum Gasteiger partial charge on any atom is 0.274 e. The number of likely N-dealkylation sites (N-methyl/N-ethyl adjacent to an activating group) is 1. The molecule has 0 saturated heterocycles. The number of carbonyl (C=O) groups is 1. The molecule has 0 fully saturated rings. The van der Waals surface area contributed by atoms with Crippen LogP contribution in [0.5, 0.6) is 0 Å². The van der Waals surface area contributed by atoms with Gasteiger partial charge in [0, 0.05) is 44.4 Å². The van der Waals surface area contributed by atoms with Crippen LogP contribution in [-0.2, 0) is 24.3 Å². The van der Waals surface area contributed by atoms with Crippen LogP contribution in [-0.4, -0.2) is 47.7 Å². The van der Waals surface area contributed by atoms with Gasteiger partial charge in [-0.25, -0.2) is 0 Å². The van der Waals surface area contributed by atoms with E-state index in [-0.39, 0.29) is 5.91 Å². The van der Waals surface area contributed by atoms with E-state index in [0.29, 0.717) is 32.0 Å². The van der Waals surface area contributed by atoms with Gasteiger partial charge in [-0.3, -0.25) is 9.89 Å². The van der Waals surface area contributed by atoms with E-state index in [1.165, 1.54) is 0 Å². The lowest BCUT2D eigenvalue weighted by molar-refractivity contribution is 0.0664. The number of aromatic amines is 1. The standard InChI is InChI=1S/C17H22N4O2/c1-21(9-10-23-12-13-5-3-2-4-6-13)17(22)16-14-11-18-8-7-15(14)19-20-16/h2-6,18H,7-12H2,1H3,(H,19,20). The number of nitrogens with one attached hydrogen (secondary N) is 2. The Hall–Kier alpha value is -2.18. The van der Waals surface area contributed by atoms with Gasteiger partial charge >= 0.3 is 0 Å². The summed E-state index contributed by atoms with van der Waals surface area (Å²) < 4.78 is 5.64. The lowest BCUT2D eigenvalue weighted by atomic mass is 10.1. The number of H-pyrrole nitrogens is 1. The SMILES string of the molecule is CN(CCOCc1ccccc1)C(=O)c1n[nH]c2c1CNCC2. The van der Waals surface area contributed by atoms with Crippen LogP contribution in [0.15, 0.2) is 30.3 Å². The van der Waals surface area contributed by atoms with Crippen LogP contribution in [0.4, 0.5) is 0 Å². The molecule has 0 spiro atoms. The number of amides is 1. The van der Waals surface area contributed by atoms with Gasteiger partial charge < -0.3 is 15.0 Å². The number of aromatic nitrogens is 2. The molecule has 1 aromatic heterocycles. The average molecular weight is 314 g/mol. The van der Waals surface area contributed by atoms with Gasteiger partial charge in [0.2, 0.25) is 0 Å². The summed E-state index contributed by atoms with van der Waals surface area (Å²) >= 11 is 0. The van der Waals surface area contributed by atoms with Crippen molar-refractivity contribution in [3.63, 3.8) is 0 Å². The highest BCUT2D eigenvalue weighted by molar-refractivity contribution is 5.93. The van der Waals surface area contributed by atoms with Gasteiger partial charge in [0.15, 0.2) is 5.69 Å². The number of nitrogens with zero attached hydrogens (tertiary/aromatic N) is 2. The molecule has 122 valence electrons. The third-order valence-electron chi connectivity index (χ3n) is 4.04. The Morgan fingerprint density at radius 3 is 3.00 bits per heavy atom. The van der Waals surface area contributed by atoms with Crippen molar-refractivity contribution in [3.05, 3.63) is 52.8 Å². The zero-order valence-corrected chi connectivity index (χ0v) is 13.3. The molecule has 6 nitrogen and oxygen atoms in total. The number of benzene rings is 1. The molecule has 3 rings (SSSR count). The Kier molecular flexibility index (Phi) is 5.05. The number of ether oxygens (including phenoxy) is 1. The Balaban J connectivity index is 1.49. The van der Waals surface area contributed by atoms with E-state index in [1.54, 1.807) is 11.9 Å². The highest BCUT2D eigenvalue weighted by atomic mass is 16.5. The van der Waals surface area contributed by atoms with Crippen molar-refractivity contribution in [1.82, 2.24) is 20.4 Å². The molecule has 0 atom stereocenters. The quantitative estimate of drug-likeness (QED) is 0.790. The molecule has 6 heteroatoms. The number of hydrogen-bond donors (Lipinski definition) is 2. The maximum absolute atomic E-state index is 12.5. The van der Waals surface area contributed by atoms with E-state index >= 15 is 0 Å². The van der Waals surface area contributed by atoms with Crippen molar-refractivity contribution in [2.45, 2.75) is 19.6 Å². The summed E-state index contributed by atoms with van der Waals surface area (Å²) in [5.41, 5.74) is 3.73.